The van der Waals surface area contributed by atoms with Crippen LogP contribution < -0.4 is 5.56 Å². The summed E-state index contributed by atoms with van der Waals surface area (Å²) in [6.45, 7) is 4.07. The summed E-state index contributed by atoms with van der Waals surface area (Å²) < 4.78 is 15.7. The molecule has 2 nitrogen and oxygen atoms in total. The highest BCUT2D eigenvalue weighted by atomic mass is 19.1. The van der Waals surface area contributed by atoms with Crippen LogP contribution in [0.15, 0.2) is 53.3 Å². The Balaban J connectivity index is 2.38. The second kappa shape index (κ2) is 5.76. The van der Waals surface area contributed by atoms with Crippen LogP contribution in [0.5, 0.6) is 0 Å². The predicted molar refractivity (Wildman–Crippen MR) is 88.2 cm³/mol. The zero-order valence-corrected chi connectivity index (χ0v) is 12.8. The summed E-state index contributed by atoms with van der Waals surface area (Å²) in [4.78, 5) is 12.9. The summed E-state index contributed by atoms with van der Waals surface area (Å²) in [5.74, 6) is -0.466. The number of fused-ring (bicyclic) bond motifs is 1. The molecule has 0 atom stereocenters. The van der Waals surface area contributed by atoms with E-state index in [1.54, 1.807) is 16.7 Å². The molecule has 0 saturated carbocycles. The summed E-state index contributed by atoms with van der Waals surface area (Å²) in [5.41, 5.74) is 2.53. The first-order valence-corrected chi connectivity index (χ1v) is 7.52. The van der Waals surface area contributed by atoms with E-state index < -0.39 is 5.82 Å². The molecule has 3 heteroatoms. The number of aryl methyl sites for hydroxylation is 2. The monoisotopic (exact) mass is 295 g/mol. The van der Waals surface area contributed by atoms with E-state index in [4.69, 9.17) is 0 Å². The van der Waals surface area contributed by atoms with Crippen molar-refractivity contribution in [2.45, 2.75) is 26.7 Å². The van der Waals surface area contributed by atoms with Gasteiger partial charge in [-0.3, -0.25) is 9.36 Å². The van der Waals surface area contributed by atoms with Crippen LogP contribution >= 0.6 is 0 Å². The molecule has 0 amide bonds. The molecule has 3 rings (SSSR count). The third-order valence-electron chi connectivity index (χ3n) is 3.87. The molecule has 0 N–H and O–H groups in total. The number of benzene rings is 2. The van der Waals surface area contributed by atoms with E-state index in [-0.39, 0.29) is 10.9 Å². The van der Waals surface area contributed by atoms with E-state index in [0.29, 0.717) is 5.39 Å². The Morgan fingerprint density at radius 2 is 1.82 bits per heavy atom. The number of rotatable bonds is 3. The quantitative estimate of drug-likeness (QED) is 0.702. The number of aromatic nitrogens is 1. The first kappa shape index (κ1) is 14.5. The molecule has 1 heterocycles. The van der Waals surface area contributed by atoms with E-state index in [9.17, 15) is 9.18 Å². The highest BCUT2D eigenvalue weighted by Gasteiger charge is 2.13. The summed E-state index contributed by atoms with van der Waals surface area (Å²) >= 11 is 0. The van der Waals surface area contributed by atoms with E-state index in [1.165, 1.54) is 6.07 Å². The molecule has 0 fully saturated rings. The molecule has 0 aliphatic rings. The summed E-state index contributed by atoms with van der Waals surface area (Å²) in [6.07, 6.45) is 1.70. The van der Waals surface area contributed by atoms with Gasteiger partial charge in [-0.25, -0.2) is 4.39 Å². The van der Waals surface area contributed by atoms with Crippen molar-refractivity contribution in [3.8, 4) is 5.69 Å². The van der Waals surface area contributed by atoms with Gasteiger partial charge in [-0.15, -0.1) is 0 Å². The first-order valence-electron chi connectivity index (χ1n) is 7.52. The fourth-order valence-electron chi connectivity index (χ4n) is 2.79. The molecular formula is C19H18FNO. The molecule has 112 valence electrons. The topological polar surface area (TPSA) is 22.0 Å². The van der Waals surface area contributed by atoms with Crippen molar-refractivity contribution in [1.82, 2.24) is 4.57 Å². The van der Waals surface area contributed by atoms with E-state index in [0.717, 1.165) is 29.8 Å². The maximum Gasteiger partial charge on any atom is 0.266 e. The molecule has 0 aliphatic carbocycles. The van der Waals surface area contributed by atoms with Gasteiger partial charge in [-0.2, -0.15) is 0 Å². The largest absolute Gasteiger partial charge is 0.281 e. The van der Waals surface area contributed by atoms with Crippen molar-refractivity contribution in [3.05, 3.63) is 76.0 Å². The van der Waals surface area contributed by atoms with Gasteiger partial charge in [0.05, 0.1) is 5.39 Å². The molecule has 22 heavy (non-hydrogen) atoms. The van der Waals surface area contributed by atoms with E-state index in [1.807, 2.05) is 37.3 Å². The third-order valence-corrected chi connectivity index (χ3v) is 3.87. The van der Waals surface area contributed by atoms with Crippen molar-refractivity contribution in [1.29, 1.82) is 0 Å². The minimum atomic E-state index is -0.466. The van der Waals surface area contributed by atoms with Gasteiger partial charge in [0.25, 0.3) is 5.56 Å². The minimum Gasteiger partial charge on any atom is -0.281 e. The van der Waals surface area contributed by atoms with Gasteiger partial charge in [0.15, 0.2) is 0 Å². The van der Waals surface area contributed by atoms with Crippen molar-refractivity contribution < 1.29 is 4.39 Å². The Bertz CT molecular complexity index is 878. The third kappa shape index (κ3) is 2.43. The van der Waals surface area contributed by atoms with Crippen LogP contribution in [0.1, 0.15) is 24.6 Å². The van der Waals surface area contributed by atoms with Crippen molar-refractivity contribution >= 4 is 10.8 Å². The maximum absolute atomic E-state index is 14.1. The van der Waals surface area contributed by atoms with Gasteiger partial charge in [-0.05, 0) is 43.0 Å². The summed E-state index contributed by atoms with van der Waals surface area (Å²) in [5, 5.41) is 0.819. The summed E-state index contributed by atoms with van der Waals surface area (Å²) in [7, 11) is 0. The second-order valence-electron chi connectivity index (χ2n) is 5.57. The van der Waals surface area contributed by atoms with Crippen LogP contribution in [0, 0.1) is 12.7 Å². The Morgan fingerprint density at radius 3 is 2.50 bits per heavy atom. The van der Waals surface area contributed by atoms with Gasteiger partial charge >= 0.3 is 0 Å². The molecule has 0 radical (unpaired) electrons. The maximum atomic E-state index is 14.1. The van der Waals surface area contributed by atoms with Gasteiger partial charge in [0.2, 0.25) is 0 Å². The van der Waals surface area contributed by atoms with Crippen molar-refractivity contribution in [2.75, 3.05) is 0 Å². The van der Waals surface area contributed by atoms with Gasteiger partial charge in [0.1, 0.15) is 5.82 Å². The smallest absolute Gasteiger partial charge is 0.266 e. The Hall–Kier alpha value is -2.42. The molecule has 3 aromatic rings. The number of halogens is 1. The average Bonchev–Trinajstić information content (AvgIpc) is 2.49. The standard InChI is InChI=1S/C19H18FNO/c1-3-5-16-12-14-6-4-7-17(20)18(14)19(22)21(16)15-10-8-13(2)9-11-15/h4,6-12H,3,5H2,1-2H3. The zero-order chi connectivity index (χ0) is 15.7. The van der Waals surface area contributed by atoms with Crippen LogP contribution in [-0.4, -0.2) is 4.57 Å². The Labute approximate surface area is 128 Å². The number of pyridine rings is 1. The average molecular weight is 295 g/mol. The minimum absolute atomic E-state index is 0.155. The van der Waals surface area contributed by atoms with E-state index >= 15 is 0 Å². The van der Waals surface area contributed by atoms with Gasteiger partial charge in [-0.1, -0.05) is 43.2 Å². The Morgan fingerprint density at radius 1 is 1.09 bits per heavy atom. The van der Waals surface area contributed by atoms with Crippen LogP contribution in [0.4, 0.5) is 4.39 Å². The number of nitrogens with zero attached hydrogens (tertiary/aromatic N) is 1. The molecule has 2 aromatic carbocycles. The molecule has 0 aliphatic heterocycles. The highest BCUT2D eigenvalue weighted by Crippen LogP contribution is 2.19. The zero-order valence-electron chi connectivity index (χ0n) is 12.8. The van der Waals surface area contributed by atoms with Crippen molar-refractivity contribution in [3.63, 3.8) is 0 Å². The van der Waals surface area contributed by atoms with Gasteiger partial charge < -0.3 is 0 Å². The molecule has 0 saturated heterocycles. The SMILES string of the molecule is CCCc1cc2cccc(F)c2c(=O)n1-c1ccc(C)cc1. The lowest BCUT2D eigenvalue weighted by Crippen LogP contribution is -2.23. The lowest BCUT2D eigenvalue weighted by Gasteiger charge is -2.14. The molecular weight excluding hydrogens is 277 g/mol. The fourth-order valence-corrected chi connectivity index (χ4v) is 2.79. The Kier molecular flexibility index (Phi) is 3.80. The van der Waals surface area contributed by atoms with Crippen molar-refractivity contribution in [2.24, 2.45) is 0 Å². The summed E-state index contributed by atoms with van der Waals surface area (Å²) in [6, 6.07) is 14.4. The predicted octanol–water partition coefficient (Wildman–Crippen LogP) is 4.39. The van der Waals surface area contributed by atoms with E-state index in [2.05, 4.69) is 6.92 Å². The first-order chi connectivity index (χ1) is 10.6. The van der Waals surface area contributed by atoms with Crippen LogP contribution in [0.25, 0.3) is 16.5 Å². The lowest BCUT2D eigenvalue weighted by molar-refractivity contribution is 0.637. The molecule has 0 spiro atoms. The normalized spacial score (nSPS) is 11.0. The molecule has 0 bridgehead atoms. The van der Waals surface area contributed by atoms with Crippen LogP contribution in [0.2, 0.25) is 0 Å². The molecule has 1 aromatic heterocycles. The molecule has 0 unspecified atom stereocenters. The second-order valence-corrected chi connectivity index (χ2v) is 5.57. The number of hydrogen-bond donors (Lipinski definition) is 0. The number of hydrogen-bond acceptors (Lipinski definition) is 1. The van der Waals surface area contributed by atoms with Crippen LogP contribution in [0.3, 0.4) is 0 Å². The van der Waals surface area contributed by atoms with Crippen LogP contribution in [-0.2, 0) is 6.42 Å². The lowest BCUT2D eigenvalue weighted by atomic mass is 10.1. The van der Waals surface area contributed by atoms with Gasteiger partial charge in [0, 0.05) is 11.4 Å². The highest BCUT2D eigenvalue weighted by molar-refractivity contribution is 5.83. The fraction of sp³-hybridized carbons (Fsp3) is 0.211.